The summed E-state index contributed by atoms with van der Waals surface area (Å²) in [7, 11) is 0. The van der Waals surface area contributed by atoms with Crippen LogP contribution in [0.4, 0.5) is 4.79 Å². The van der Waals surface area contributed by atoms with Crippen LogP contribution in [0.2, 0.25) is 0 Å². The van der Waals surface area contributed by atoms with Crippen LogP contribution >= 0.6 is 0 Å². The number of carbonyl (C=O) groups excluding carboxylic acids is 1. The molecule has 0 aromatic carbocycles. The molecule has 1 aliphatic heterocycles. The Morgan fingerprint density at radius 3 is 2.44 bits per heavy atom. The lowest BCUT2D eigenvalue weighted by Gasteiger charge is -2.24. The summed E-state index contributed by atoms with van der Waals surface area (Å²) in [4.78, 5) is 13.4. The summed E-state index contributed by atoms with van der Waals surface area (Å²) < 4.78 is 5.29. The lowest BCUT2D eigenvalue weighted by atomic mass is 10.0. The van der Waals surface area contributed by atoms with Gasteiger partial charge in [-0.25, -0.2) is 4.79 Å². The highest BCUT2D eigenvalue weighted by Gasteiger charge is 2.43. The van der Waals surface area contributed by atoms with E-state index in [0.717, 1.165) is 0 Å². The van der Waals surface area contributed by atoms with Crippen LogP contribution < -0.4 is 0 Å². The molecule has 1 saturated carbocycles. The molecule has 1 aliphatic carbocycles. The molecule has 2 aliphatic rings. The Hall–Kier alpha value is -0.770. The van der Waals surface area contributed by atoms with Crippen LogP contribution in [0.25, 0.3) is 0 Å². The average molecular weight is 227 g/mol. The first kappa shape index (κ1) is 11.7. The van der Waals surface area contributed by atoms with Gasteiger partial charge in [0, 0.05) is 12.5 Å². The van der Waals surface area contributed by atoms with Crippen molar-refractivity contribution in [2.45, 2.75) is 45.3 Å². The summed E-state index contributed by atoms with van der Waals surface area (Å²) in [5, 5.41) is 9.87. The molecule has 4 nitrogen and oxygen atoms in total. The fourth-order valence-corrected chi connectivity index (χ4v) is 2.28. The van der Waals surface area contributed by atoms with Gasteiger partial charge in [0.1, 0.15) is 5.60 Å². The normalized spacial score (nSPS) is 30.6. The molecular formula is C12H21NO3. The second kappa shape index (κ2) is 3.91. The zero-order chi connectivity index (χ0) is 11.9. The quantitative estimate of drug-likeness (QED) is 0.740. The molecule has 0 aromatic heterocycles. The highest BCUT2D eigenvalue weighted by Crippen LogP contribution is 2.41. The second-order valence-corrected chi connectivity index (χ2v) is 5.95. The van der Waals surface area contributed by atoms with Gasteiger partial charge in [0.15, 0.2) is 0 Å². The van der Waals surface area contributed by atoms with Gasteiger partial charge in [0.2, 0.25) is 0 Å². The van der Waals surface area contributed by atoms with Gasteiger partial charge in [0.05, 0.1) is 12.6 Å². The van der Waals surface area contributed by atoms with Crippen molar-refractivity contribution in [3.05, 3.63) is 0 Å². The van der Waals surface area contributed by atoms with Gasteiger partial charge in [-0.1, -0.05) is 0 Å². The van der Waals surface area contributed by atoms with E-state index in [4.69, 9.17) is 4.74 Å². The topological polar surface area (TPSA) is 49.8 Å². The summed E-state index contributed by atoms with van der Waals surface area (Å²) in [6.07, 6.45) is 1.74. The molecule has 0 aromatic rings. The zero-order valence-electron chi connectivity index (χ0n) is 10.3. The van der Waals surface area contributed by atoms with Crippen molar-refractivity contribution in [3.63, 3.8) is 0 Å². The molecule has 2 atom stereocenters. The molecule has 16 heavy (non-hydrogen) atoms. The lowest BCUT2D eigenvalue weighted by Crippen LogP contribution is -2.35. The van der Waals surface area contributed by atoms with Crippen LogP contribution in [-0.4, -0.2) is 40.9 Å². The molecule has 0 radical (unpaired) electrons. The number of amides is 1. The molecule has 92 valence electrons. The van der Waals surface area contributed by atoms with E-state index in [2.05, 4.69) is 0 Å². The van der Waals surface area contributed by atoms with E-state index in [1.165, 1.54) is 12.8 Å². The Morgan fingerprint density at radius 2 is 1.94 bits per heavy atom. The van der Waals surface area contributed by atoms with Crippen molar-refractivity contribution in [2.75, 3.05) is 13.1 Å². The highest BCUT2D eigenvalue weighted by molar-refractivity contribution is 5.68. The Kier molecular flexibility index (Phi) is 2.86. The Bertz CT molecular complexity index is 280. The van der Waals surface area contributed by atoms with E-state index in [-0.39, 0.29) is 18.1 Å². The van der Waals surface area contributed by atoms with Crippen molar-refractivity contribution >= 4 is 6.09 Å². The third kappa shape index (κ3) is 2.67. The maximum atomic E-state index is 11.8. The summed E-state index contributed by atoms with van der Waals surface area (Å²) >= 11 is 0. The minimum Gasteiger partial charge on any atom is -0.444 e. The van der Waals surface area contributed by atoms with E-state index in [1.807, 2.05) is 20.8 Å². The maximum absolute atomic E-state index is 11.8. The van der Waals surface area contributed by atoms with E-state index >= 15 is 0 Å². The molecular weight excluding hydrogens is 206 g/mol. The van der Waals surface area contributed by atoms with Crippen molar-refractivity contribution in [2.24, 2.45) is 11.8 Å². The van der Waals surface area contributed by atoms with Crippen LogP contribution in [0.1, 0.15) is 33.6 Å². The molecule has 1 saturated heterocycles. The van der Waals surface area contributed by atoms with E-state index < -0.39 is 5.60 Å². The summed E-state index contributed by atoms with van der Waals surface area (Å²) in [5.74, 6) is 0.898. The molecule has 2 fully saturated rings. The van der Waals surface area contributed by atoms with Crippen molar-refractivity contribution in [1.82, 2.24) is 4.90 Å². The number of hydrogen-bond donors (Lipinski definition) is 1. The van der Waals surface area contributed by atoms with E-state index in [1.54, 1.807) is 4.90 Å². The molecule has 0 spiro atoms. The van der Waals surface area contributed by atoms with Crippen molar-refractivity contribution in [3.8, 4) is 0 Å². The maximum Gasteiger partial charge on any atom is 0.410 e. The van der Waals surface area contributed by atoms with Gasteiger partial charge in [-0.3, -0.25) is 0 Å². The van der Waals surface area contributed by atoms with E-state index in [9.17, 15) is 9.90 Å². The van der Waals surface area contributed by atoms with Crippen LogP contribution in [0, 0.1) is 11.8 Å². The first-order chi connectivity index (χ1) is 7.37. The second-order valence-electron chi connectivity index (χ2n) is 5.95. The number of aliphatic hydroxyl groups is 1. The summed E-state index contributed by atoms with van der Waals surface area (Å²) in [6.45, 7) is 6.65. The predicted octanol–water partition coefficient (Wildman–Crippen LogP) is 1.62. The first-order valence-electron chi connectivity index (χ1n) is 6.03. The van der Waals surface area contributed by atoms with Gasteiger partial charge in [-0.05, 0) is 39.5 Å². The van der Waals surface area contributed by atoms with Crippen LogP contribution in [0.5, 0.6) is 0 Å². The smallest absolute Gasteiger partial charge is 0.410 e. The minimum absolute atomic E-state index is 0.271. The SMILES string of the molecule is CC(C)(C)OC(=O)N1C[C@H](O)[C@H](C2CC2)C1. The van der Waals surface area contributed by atoms with Crippen molar-refractivity contribution < 1.29 is 14.6 Å². The third-order valence-electron chi connectivity index (χ3n) is 3.21. The number of likely N-dealkylation sites (tertiary alicyclic amines) is 1. The number of carbonyl (C=O) groups is 1. The minimum atomic E-state index is -0.459. The van der Waals surface area contributed by atoms with Crippen molar-refractivity contribution in [1.29, 1.82) is 0 Å². The molecule has 0 unspecified atom stereocenters. The Balaban J connectivity index is 1.89. The van der Waals surface area contributed by atoms with Gasteiger partial charge in [0.25, 0.3) is 0 Å². The molecule has 2 rings (SSSR count). The average Bonchev–Trinajstić information content (AvgIpc) is 2.87. The number of β-amino-alcohol motifs (C(OH)–C–C–N with tert-alkyl or cyclic N) is 1. The fourth-order valence-electron chi connectivity index (χ4n) is 2.28. The monoisotopic (exact) mass is 227 g/mol. The number of ether oxygens (including phenoxy) is 1. The fraction of sp³-hybridized carbons (Fsp3) is 0.917. The van der Waals surface area contributed by atoms with Crippen LogP contribution in [0.3, 0.4) is 0 Å². The molecule has 1 heterocycles. The number of hydrogen-bond acceptors (Lipinski definition) is 3. The number of rotatable bonds is 1. The molecule has 0 bridgehead atoms. The lowest BCUT2D eigenvalue weighted by molar-refractivity contribution is 0.0269. The first-order valence-corrected chi connectivity index (χ1v) is 6.03. The van der Waals surface area contributed by atoms with Gasteiger partial charge in [-0.15, -0.1) is 0 Å². The summed E-state index contributed by atoms with van der Waals surface area (Å²) in [5.41, 5.74) is -0.459. The highest BCUT2D eigenvalue weighted by atomic mass is 16.6. The largest absolute Gasteiger partial charge is 0.444 e. The van der Waals surface area contributed by atoms with Gasteiger partial charge in [-0.2, -0.15) is 0 Å². The number of aliphatic hydroxyl groups excluding tert-OH is 1. The van der Waals surface area contributed by atoms with Gasteiger partial charge >= 0.3 is 6.09 Å². The summed E-state index contributed by atoms with van der Waals surface area (Å²) in [6, 6.07) is 0. The van der Waals surface area contributed by atoms with Crippen LogP contribution in [-0.2, 0) is 4.74 Å². The zero-order valence-corrected chi connectivity index (χ0v) is 10.3. The molecule has 4 heteroatoms. The van der Waals surface area contributed by atoms with Gasteiger partial charge < -0.3 is 14.7 Å². The van der Waals surface area contributed by atoms with Crippen LogP contribution in [0.15, 0.2) is 0 Å². The predicted molar refractivity (Wildman–Crippen MR) is 60.0 cm³/mol. The third-order valence-corrected chi connectivity index (χ3v) is 3.21. The number of nitrogens with zero attached hydrogens (tertiary/aromatic N) is 1. The standard InChI is InChI=1S/C12H21NO3/c1-12(2,3)16-11(15)13-6-9(8-4-5-8)10(14)7-13/h8-10,14H,4-7H2,1-3H3/t9-,10-/m0/s1. The Labute approximate surface area is 96.6 Å². The molecule has 1 N–H and O–H groups in total. The van der Waals surface area contributed by atoms with E-state index in [0.29, 0.717) is 19.0 Å². The Morgan fingerprint density at radius 1 is 1.31 bits per heavy atom. The molecule has 1 amide bonds.